The van der Waals surface area contributed by atoms with Gasteiger partial charge in [-0.2, -0.15) is 0 Å². The number of thioether (sulfide) groups is 1. The van der Waals surface area contributed by atoms with Gasteiger partial charge in [0.2, 0.25) is 5.91 Å². The summed E-state index contributed by atoms with van der Waals surface area (Å²) in [6.45, 7) is -0.294. The molecule has 0 bridgehead atoms. The fourth-order valence-corrected chi connectivity index (χ4v) is 5.39. The van der Waals surface area contributed by atoms with Gasteiger partial charge in [0, 0.05) is 21.7 Å². The van der Waals surface area contributed by atoms with Crippen molar-refractivity contribution in [2.24, 2.45) is 0 Å². The van der Waals surface area contributed by atoms with Crippen molar-refractivity contribution in [2.75, 3.05) is 22.4 Å². The molecule has 0 atom stereocenters. The van der Waals surface area contributed by atoms with Gasteiger partial charge >= 0.3 is 0 Å². The number of para-hydroxylation sites is 1. The van der Waals surface area contributed by atoms with Gasteiger partial charge in [0.1, 0.15) is 6.54 Å². The highest BCUT2D eigenvalue weighted by atomic mass is 32.2. The lowest BCUT2D eigenvalue weighted by atomic mass is 10.0. The molecule has 1 N–H and O–H groups in total. The molecule has 28 heavy (non-hydrogen) atoms. The Bertz CT molecular complexity index is 1160. The Morgan fingerprint density at radius 3 is 2.46 bits per heavy atom. The third-order valence-electron chi connectivity index (χ3n) is 4.56. The summed E-state index contributed by atoms with van der Waals surface area (Å²) >= 11 is 1.57. The Morgan fingerprint density at radius 2 is 1.68 bits per heavy atom. The average Bonchev–Trinajstić information content (AvgIpc) is 2.71. The van der Waals surface area contributed by atoms with Crippen LogP contribution in [0.5, 0.6) is 0 Å². The molecule has 7 heteroatoms. The standard InChI is InChI=1S/C21H18N2O3S2/c1-27-16-8-6-7-15(13-16)22-21(24)14-23-19-11-4-2-9-17(19)18-10-3-5-12-20(18)28(23,25)26/h2-13H,14H2,1H3,(H,22,24). The molecular weight excluding hydrogens is 392 g/mol. The van der Waals surface area contributed by atoms with Gasteiger partial charge in [-0.05, 0) is 36.6 Å². The maximum absolute atomic E-state index is 13.2. The molecule has 0 aliphatic carbocycles. The number of rotatable bonds is 4. The van der Waals surface area contributed by atoms with E-state index >= 15 is 0 Å². The van der Waals surface area contributed by atoms with Gasteiger partial charge in [0.05, 0.1) is 10.6 Å². The fraction of sp³-hybridized carbons (Fsp3) is 0.0952. The molecule has 4 rings (SSSR count). The number of nitrogens with zero attached hydrogens (tertiary/aromatic N) is 1. The van der Waals surface area contributed by atoms with Crippen molar-refractivity contribution in [3.05, 3.63) is 72.8 Å². The van der Waals surface area contributed by atoms with Crippen LogP contribution >= 0.6 is 11.8 Å². The Labute approximate surface area is 168 Å². The van der Waals surface area contributed by atoms with Crippen LogP contribution in [0, 0.1) is 0 Å². The van der Waals surface area contributed by atoms with E-state index in [0.29, 0.717) is 16.9 Å². The third-order valence-corrected chi connectivity index (χ3v) is 7.10. The predicted molar refractivity (Wildman–Crippen MR) is 113 cm³/mol. The lowest BCUT2D eigenvalue weighted by Gasteiger charge is -2.31. The molecule has 5 nitrogen and oxygen atoms in total. The highest BCUT2D eigenvalue weighted by molar-refractivity contribution is 7.98. The van der Waals surface area contributed by atoms with Gasteiger partial charge in [0.25, 0.3) is 10.0 Å². The zero-order valence-corrected chi connectivity index (χ0v) is 16.8. The summed E-state index contributed by atoms with van der Waals surface area (Å²) in [5, 5.41) is 2.80. The van der Waals surface area contributed by atoms with E-state index in [9.17, 15) is 13.2 Å². The molecule has 3 aromatic carbocycles. The molecule has 0 spiro atoms. The molecule has 0 unspecified atom stereocenters. The lowest BCUT2D eigenvalue weighted by Crippen LogP contribution is -2.40. The van der Waals surface area contributed by atoms with Crippen LogP contribution in [-0.2, 0) is 14.8 Å². The molecule has 1 heterocycles. The number of hydrogen-bond acceptors (Lipinski definition) is 4. The molecule has 0 fully saturated rings. The highest BCUT2D eigenvalue weighted by Gasteiger charge is 2.35. The van der Waals surface area contributed by atoms with E-state index in [1.807, 2.05) is 42.7 Å². The molecule has 0 saturated heterocycles. The van der Waals surface area contributed by atoms with Gasteiger partial charge in [-0.1, -0.05) is 42.5 Å². The van der Waals surface area contributed by atoms with Crippen LogP contribution in [0.15, 0.2) is 82.6 Å². The number of carbonyl (C=O) groups is 1. The minimum absolute atomic E-state index is 0.214. The minimum atomic E-state index is -3.83. The number of benzene rings is 3. The summed E-state index contributed by atoms with van der Waals surface area (Å²) in [7, 11) is -3.83. The zero-order valence-electron chi connectivity index (χ0n) is 15.1. The lowest BCUT2D eigenvalue weighted by molar-refractivity contribution is -0.114. The van der Waals surface area contributed by atoms with Crippen molar-refractivity contribution < 1.29 is 13.2 Å². The summed E-state index contributed by atoms with van der Waals surface area (Å²) < 4.78 is 27.6. The van der Waals surface area contributed by atoms with Crippen molar-refractivity contribution in [2.45, 2.75) is 9.79 Å². The molecule has 142 valence electrons. The smallest absolute Gasteiger partial charge is 0.265 e. The van der Waals surface area contributed by atoms with Gasteiger partial charge in [0.15, 0.2) is 0 Å². The van der Waals surface area contributed by atoms with Crippen molar-refractivity contribution in [1.82, 2.24) is 0 Å². The van der Waals surface area contributed by atoms with Crippen LogP contribution in [-0.4, -0.2) is 27.1 Å². The fourth-order valence-electron chi connectivity index (χ4n) is 3.28. The molecule has 3 aromatic rings. The number of carbonyl (C=O) groups excluding carboxylic acids is 1. The first kappa shape index (κ1) is 18.6. The normalized spacial score (nSPS) is 14.1. The average molecular weight is 411 g/mol. The first-order chi connectivity index (χ1) is 13.5. The van der Waals surface area contributed by atoms with Crippen LogP contribution in [0.4, 0.5) is 11.4 Å². The van der Waals surface area contributed by atoms with E-state index in [1.165, 1.54) is 4.31 Å². The van der Waals surface area contributed by atoms with Gasteiger partial charge < -0.3 is 5.32 Å². The van der Waals surface area contributed by atoms with Crippen LogP contribution in [0.2, 0.25) is 0 Å². The van der Waals surface area contributed by atoms with E-state index in [1.54, 1.807) is 48.2 Å². The molecule has 0 radical (unpaired) electrons. The summed E-state index contributed by atoms with van der Waals surface area (Å²) in [6.07, 6.45) is 1.95. The van der Waals surface area contributed by atoms with E-state index in [0.717, 1.165) is 10.5 Å². The largest absolute Gasteiger partial charge is 0.324 e. The number of sulfonamides is 1. The first-order valence-corrected chi connectivity index (χ1v) is 11.3. The molecular formula is C21H18N2O3S2. The second kappa shape index (κ2) is 7.33. The van der Waals surface area contributed by atoms with Crippen molar-refractivity contribution in [3.8, 4) is 11.1 Å². The molecule has 0 saturated carbocycles. The Hall–Kier alpha value is -2.77. The highest BCUT2D eigenvalue weighted by Crippen LogP contribution is 2.42. The number of fused-ring (bicyclic) bond motifs is 3. The molecule has 1 aliphatic heterocycles. The van der Waals surface area contributed by atoms with Crippen molar-refractivity contribution in [1.29, 1.82) is 0 Å². The molecule has 1 aliphatic rings. The summed E-state index contributed by atoms with van der Waals surface area (Å²) in [5.41, 5.74) is 2.60. The quantitative estimate of drug-likeness (QED) is 0.654. The number of hydrogen-bond donors (Lipinski definition) is 1. The predicted octanol–water partition coefficient (Wildman–Crippen LogP) is 4.22. The maximum Gasteiger partial charge on any atom is 0.265 e. The van der Waals surface area contributed by atoms with E-state index < -0.39 is 15.9 Å². The Morgan fingerprint density at radius 1 is 0.964 bits per heavy atom. The SMILES string of the molecule is CSc1cccc(NC(=O)CN2c3ccccc3-c3ccccc3S2(=O)=O)c1. The summed E-state index contributed by atoms with van der Waals surface area (Å²) in [6, 6.07) is 21.5. The second-order valence-electron chi connectivity index (χ2n) is 6.31. The van der Waals surface area contributed by atoms with Gasteiger partial charge in [-0.3, -0.25) is 9.10 Å². The third kappa shape index (κ3) is 3.27. The molecule has 1 amide bonds. The number of anilines is 2. The Balaban J connectivity index is 1.68. The molecule has 0 aromatic heterocycles. The van der Waals surface area contributed by atoms with E-state index in [4.69, 9.17) is 0 Å². The van der Waals surface area contributed by atoms with Crippen LogP contribution < -0.4 is 9.62 Å². The monoisotopic (exact) mass is 410 g/mol. The topological polar surface area (TPSA) is 66.5 Å². The van der Waals surface area contributed by atoms with Crippen molar-refractivity contribution >= 4 is 39.1 Å². The van der Waals surface area contributed by atoms with Crippen LogP contribution in [0.3, 0.4) is 0 Å². The maximum atomic E-state index is 13.2. The van der Waals surface area contributed by atoms with Crippen LogP contribution in [0.1, 0.15) is 0 Å². The van der Waals surface area contributed by atoms with Crippen LogP contribution in [0.25, 0.3) is 11.1 Å². The number of nitrogens with one attached hydrogen (secondary N) is 1. The summed E-state index contributed by atoms with van der Waals surface area (Å²) in [4.78, 5) is 13.9. The Kier molecular flexibility index (Phi) is 4.87. The van der Waals surface area contributed by atoms with Gasteiger partial charge in [-0.25, -0.2) is 8.42 Å². The number of amides is 1. The van der Waals surface area contributed by atoms with E-state index in [2.05, 4.69) is 5.32 Å². The first-order valence-electron chi connectivity index (χ1n) is 8.66. The summed E-state index contributed by atoms with van der Waals surface area (Å²) in [5.74, 6) is -0.393. The van der Waals surface area contributed by atoms with E-state index in [-0.39, 0.29) is 11.4 Å². The van der Waals surface area contributed by atoms with Gasteiger partial charge in [-0.15, -0.1) is 11.8 Å². The van der Waals surface area contributed by atoms with Crippen molar-refractivity contribution in [3.63, 3.8) is 0 Å². The second-order valence-corrected chi connectivity index (χ2v) is 9.02. The zero-order chi connectivity index (χ0) is 19.7. The minimum Gasteiger partial charge on any atom is -0.324 e.